The Morgan fingerprint density at radius 1 is 0.333 bits per heavy atom. The first-order chi connectivity index (χ1) is 23.2. The lowest BCUT2D eigenvalue weighted by Gasteiger charge is -2.24. The second kappa shape index (κ2) is 35.8. The molecule has 0 aliphatic heterocycles. The van der Waals surface area contributed by atoms with Crippen LogP contribution >= 0.6 is 0 Å². The maximum absolute atomic E-state index is 11.5. The summed E-state index contributed by atoms with van der Waals surface area (Å²) in [6.45, 7) is 9.30. The van der Waals surface area contributed by atoms with Gasteiger partial charge in [0.25, 0.3) is 0 Å². The molecule has 0 radical (unpaired) electrons. The highest BCUT2D eigenvalue weighted by atomic mass is 16.4. The van der Waals surface area contributed by atoms with Crippen LogP contribution < -0.4 is 0 Å². The molecule has 0 amide bonds. The van der Waals surface area contributed by atoms with Crippen molar-refractivity contribution < 1.29 is 19.8 Å². The molecule has 0 saturated heterocycles. The van der Waals surface area contributed by atoms with E-state index in [1.54, 1.807) is 0 Å². The molecule has 0 saturated carbocycles. The predicted molar refractivity (Wildman–Crippen MR) is 209 cm³/mol. The fourth-order valence-corrected chi connectivity index (χ4v) is 7.60. The first kappa shape index (κ1) is 46.9. The molecule has 286 valence electrons. The second-order valence-electron chi connectivity index (χ2n) is 16.6. The van der Waals surface area contributed by atoms with Gasteiger partial charge in [-0.25, -0.2) is 0 Å². The van der Waals surface area contributed by atoms with Gasteiger partial charge >= 0.3 is 11.9 Å². The molecule has 4 nitrogen and oxygen atoms in total. The van der Waals surface area contributed by atoms with Crippen LogP contribution in [0.3, 0.4) is 0 Å². The number of aliphatic carboxylic acids is 2. The third kappa shape index (κ3) is 37.8. The number of hydrogen-bond acceptors (Lipinski definition) is 2. The highest BCUT2D eigenvalue weighted by Gasteiger charge is 2.18. The fourth-order valence-electron chi connectivity index (χ4n) is 7.60. The van der Waals surface area contributed by atoms with Crippen molar-refractivity contribution in [3.05, 3.63) is 0 Å². The Labute approximate surface area is 300 Å². The van der Waals surface area contributed by atoms with Crippen molar-refractivity contribution in [3.63, 3.8) is 0 Å². The van der Waals surface area contributed by atoms with Crippen molar-refractivity contribution in [3.8, 4) is 0 Å². The highest BCUT2D eigenvalue weighted by molar-refractivity contribution is 5.66. The van der Waals surface area contributed by atoms with Gasteiger partial charge in [-0.15, -0.1) is 0 Å². The standard InChI is InChI=1S/C44H86O4/c1-39(2)30-24-19-15-11-7-5-9-13-17-21-26-32-41(33-28-23-29-35-43(45)46)38-42(36-37-44(47)48)34-27-22-18-14-10-6-8-12-16-20-25-31-40(3)4/h39-42H,5-38H2,1-4H3,(H,45,46)(H,47,48). The molecule has 0 rings (SSSR count). The van der Waals surface area contributed by atoms with E-state index in [-0.39, 0.29) is 6.42 Å². The molecule has 0 aromatic carbocycles. The summed E-state index contributed by atoms with van der Waals surface area (Å²) in [7, 11) is 0. The van der Waals surface area contributed by atoms with Gasteiger partial charge in [0.1, 0.15) is 0 Å². The van der Waals surface area contributed by atoms with Gasteiger partial charge in [-0.05, 0) is 42.9 Å². The van der Waals surface area contributed by atoms with Crippen LogP contribution in [0.15, 0.2) is 0 Å². The summed E-state index contributed by atoms with van der Waals surface area (Å²) in [4.78, 5) is 22.4. The molecule has 0 aliphatic carbocycles. The Morgan fingerprint density at radius 3 is 0.875 bits per heavy atom. The molecular formula is C44H86O4. The molecule has 0 spiro atoms. The SMILES string of the molecule is CC(C)CCCCCCCCCCCCCC(CCCCCC(=O)O)CC(CCCCCCCCCCCCCC(C)C)CCC(=O)O. The van der Waals surface area contributed by atoms with Gasteiger partial charge in [0.15, 0.2) is 0 Å². The van der Waals surface area contributed by atoms with Crippen molar-refractivity contribution in [2.75, 3.05) is 0 Å². The third-order valence-corrected chi connectivity index (χ3v) is 10.7. The number of carboxylic acid groups (broad SMARTS) is 2. The van der Waals surface area contributed by atoms with Crippen LogP contribution in [0.4, 0.5) is 0 Å². The summed E-state index contributed by atoms with van der Waals surface area (Å²) < 4.78 is 0. The van der Waals surface area contributed by atoms with E-state index in [2.05, 4.69) is 27.7 Å². The lowest BCUT2D eigenvalue weighted by atomic mass is 9.82. The second-order valence-corrected chi connectivity index (χ2v) is 16.6. The van der Waals surface area contributed by atoms with E-state index in [0.29, 0.717) is 18.3 Å². The number of carbonyl (C=O) groups is 2. The lowest BCUT2D eigenvalue weighted by molar-refractivity contribution is -0.138. The van der Waals surface area contributed by atoms with Crippen LogP contribution in [0.2, 0.25) is 0 Å². The quantitative estimate of drug-likeness (QED) is 0.0635. The van der Waals surface area contributed by atoms with E-state index in [4.69, 9.17) is 5.11 Å². The minimum Gasteiger partial charge on any atom is -0.481 e. The van der Waals surface area contributed by atoms with Crippen LogP contribution in [0, 0.1) is 23.7 Å². The summed E-state index contributed by atoms with van der Waals surface area (Å²) in [5, 5.41) is 18.4. The van der Waals surface area contributed by atoms with Crippen molar-refractivity contribution in [1.29, 1.82) is 0 Å². The average Bonchev–Trinajstić information content (AvgIpc) is 3.03. The third-order valence-electron chi connectivity index (χ3n) is 10.7. The molecule has 0 fully saturated rings. The summed E-state index contributed by atoms with van der Waals surface area (Å²) >= 11 is 0. The van der Waals surface area contributed by atoms with E-state index in [1.165, 1.54) is 180 Å². The Hall–Kier alpha value is -1.06. The molecule has 0 aromatic rings. The zero-order valence-electron chi connectivity index (χ0n) is 33.1. The van der Waals surface area contributed by atoms with E-state index < -0.39 is 11.9 Å². The predicted octanol–water partition coefficient (Wildman–Crippen LogP) is 15.0. The minimum absolute atomic E-state index is 0.280. The van der Waals surface area contributed by atoms with Gasteiger partial charge in [0.2, 0.25) is 0 Å². The smallest absolute Gasteiger partial charge is 0.303 e. The van der Waals surface area contributed by atoms with Crippen molar-refractivity contribution in [1.82, 2.24) is 0 Å². The normalized spacial score (nSPS) is 13.0. The van der Waals surface area contributed by atoms with E-state index in [0.717, 1.165) is 37.5 Å². The lowest BCUT2D eigenvalue weighted by Crippen LogP contribution is -2.12. The summed E-state index contributed by atoms with van der Waals surface area (Å²) in [5.74, 6) is 1.53. The zero-order chi connectivity index (χ0) is 35.5. The molecule has 0 aliphatic rings. The number of hydrogen-bond donors (Lipinski definition) is 2. The van der Waals surface area contributed by atoms with Crippen LogP contribution in [0.5, 0.6) is 0 Å². The van der Waals surface area contributed by atoms with Crippen LogP contribution in [-0.4, -0.2) is 22.2 Å². The minimum atomic E-state index is -0.686. The highest BCUT2D eigenvalue weighted by Crippen LogP contribution is 2.31. The topological polar surface area (TPSA) is 74.6 Å². The average molecular weight is 679 g/mol. The Kier molecular flexibility index (Phi) is 35.0. The van der Waals surface area contributed by atoms with Crippen LogP contribution in [-0.2, 0) is 9.59 Å². The summed E-state index contributed by atoms with van der Waals surface area (Å²) in [6, 6.07) is 0. The number of rotatable bonds is 39. The number of carboxylic acids is 2. The van der Waals surface area contributed by atoms with Gasteiger partial charge in [-0.1, -0.05) is 214 Å². The van der Waals surface area contributed by atoms with Crippen molar-refractivity contribution in [2.24, 2.45) is 23.7 Å². The maximum Gasteiger partial charge on any atom is 0.303 e. The molecule has 2 N–H and O–H groups in total. The van der Waals surface area contributed by atoms with Gasteiger partial charge in [0, 0.05) is 12.8 Å². The molecule has 48 heavy (non-hydrogen) atoms. The molecule has 0 heterocycles. The molecule has 4 heteroatoms. The molecule has 0 aromatic heterocycles. The van der Waals surface area contributed by atoms with Gasteiger partial charge in [0.05, 0.1) is 0 Å². The van der Waals surface area contributed by atoms with Gasteiger partial charge in [-0.3, -0.25) is 9.59 Å². The van der Waals surface area contributed by atoms with Crippen molar-refractivity contribution in [2.45, 2.75) is 246 Å². The maximum atomic E-state index is 11.5. The summed E-state index contributed by atoms with van der Waals surface area (Å²) in [6.07, 6.45) is 42.0. The van der Waals surface area contributed by atoms with Gasteiger partial charge in [-0.2, -0.15) is 0 Å². The fraction of sp³-hybridized carbons (Fsp3) is 0.955. The van der Waals surface area contributed by atoms with Gasteiger partial charge < -0.3 is 10.2 Å². The van der Waals surface area contributed by atoms with Crippen molar-refractivity contribution >= 4 is 11.9 Å². The van der Waals surface area contributed by atoms with Crippen LogP contribution in [0.1, 0.15) is 246 Å². The first-order valence-corrected chi connectivity index (χ1v) is 21.6. The first-order valence-electron chi connectivity index (χ1n) is 21.6. The Morgan fingerprint density at radius 2 is 0.583 bits per heavy atom. The number of unbranched alkanes of at least 4 members (excludes halogenated alkanes) is 22. The van der Waals surface area contributed by atoms with E-state index in [1.807, 2.05) is 0 Å². The van der Waals surface area contributed by atoms with Crippen LogP contribution in [0.25, 0.3) is 0 Å². The molecule has 0 bridgehead atoms. The summed E-state index contributed by atoms with van der Waals surface area (Å²) in [5.41, 5.74) is 0. The molecule has 2 atom stereocenters. The van der Waals surface area contributed by atoms with E-state index in [9.17, 15) is 14.7 Å². The molecule has 2 unspecified atom stereocenters. The Balaban J connectivity index is 4.36. The van der Waals surface area contributed by atoms with E-state index >= 15 is 0 Å². The Bertz CT molecular complexity index is 687. The largest absolute Gasteiger partial charge is 0.481 e. The molecular weight excluding hydrogens is 592 g/mol. The zero-order valence-corrected chi connectivity index (χ0v) is 33.1. The monoisotopic (exact) mass is 679 g/mol.